The summed E-state index contributed by atoms with van der Waals surface area (Å²) in [6.45, 7) is 4.24. The summed E-state index contributed by atoms with van der Waals surface area (Å²) in [4.78, 5) is 0. The van der Waals surface area contributed by atoms with Crippen LogP contribution in [0, 0.1) is 13.8 Å². The van der Waals surface area contributed by atoms with Crippen molar-refractivity contribution in [2.45, 2.75) is 51.5 Å². The molecule has 5 heteroatoms. The molecular weight excluding hydrogens is 322 g/mol. The summed E-state index contributed by atoms with van der Waals surface area (Å²) < 4.78 is 1.92. The number of anilines is 1. The highest BCUT2D eigenvalue weighted by atomic mass is 15.6. The van der Waals surface area contributed by atoms with Crippen molar-refractivity contribution in [3.8, 4) is 5.69 Å². The van der Waals surface area contributed by atoms with Crippen molar-refractivity contribution < 1.29 is 0 Å². The maximum Gasteiger partial charge on any atom is 0.181 e. The third-order valence-electron chi connectivity index (χ3n) is 5.47. The van der Waals surface area contributed by atoms with E-state index in [0.717, 1.165) is 30.0 Å². The van der Waals surface area contributed by atoms with Crippen molar-refractivity contribution in [1.29, 1.82) is 0 Å². The van der Waals surface area contributed by atoms with E-state index in [1.807, 2.05) is 16.8 Å². The predicted octanol–water partition coefficient (Wildman–Crippen LogP) is 4.55. The first-order valence-corrected chi connectivity index (χ1v) is 9.38. The second-order valence-corrected chi connectivity index (χ2v) is 7.28. The van der Waals surface area contributed by atoms with E-state index in [9.17, 15) is 0 Å². The summed E-state index contributed by atoms with van der Waals surface area (Å²) in [6, 6.07) is 16.7. The quantitative estimate of drug-likeness (QED) is 0.752. The van der Waals surface area contributed by atoms with Crippen LogP contribution in [0.3, 0.4) is 0 Å². The average molecular weight is 347 g/mol. The summed E-state index contributed by atoms with van der Waals surface area (Å²) in [5.74, 6) is 0.912. The number of aromatic nitrogens is 4. The van der Waals surface area contributed by atoms with E-state index in [1.54, 1.807) is 0 Å². The van der Waals surface area contributed by atoms with Crippen LogP contribution < -0.4 is 5.32 Å². The van der Waals surface area contributed by atoms with Crippen LogP contribution in [0.2, 0.25) is 0 Å². The number of benzene rings is 2. The Balaban J connectivity index is 1.81. The van der Waals surface area contributed by atoms with E-state index < -0.39 is 0 Å². The molecule has 1 aromatic heterocycles. The van der Waals surface area contributed by atoms with Crippen molar-refractivity contribution >= 4 is 5.69 Å². The van der Waals surface area contributed by atoms with Crippen LogP contribution in [0.1, 0.15) is 49.1 Å². The number of tetrazole rings is 1. The third kappa shape index (κ3) is 2.98. The molecular formula is C21H25N5. The first-order chi connectivity index (χ1) is 12.7. The van der Waals surface area contributed by atoms with E-state index in [0.29, 0.717) is 0 Å². The SMILES string of the molecule is Cc1ccccc1NC1(c2nnnn2-c2ccccc2C)CCCCC1. The van der Waals surface area contributed by atoms with Crippen LogP contribution in [0.4, 0.5) is 5.69 Å². The zero-order valence-electron chi connectivity index (χ0n) is 15.4. The first kappa shape index (κ1) is 16.8. The molecule has 4 rings (SSSR count). The Morgan fingerprint density at radius 2 is 1.58 bits per heavy atom. The smallest absolute Gasteiger partial charge is 0.181 e. The van der Waals surface area contributed by atoms with Crippen molar-refractivity contribution in [1.82, 2.24) is 20.2 Å². The topological polar surface area (TPSA) is 55.6 Å². The lowest BCUT2D eigenvalue weighted by Crippen LogP contribution is -2.40. The van der Waals surface area contributed by atoms with Crippen molar-refractivity contribution in [3.05, 3.63) is 65.5 Å². The van der Waals surface area contributed by atoms with Crippen LogP contribution in [0.15, 0.2) is 48.5 Å². The van der Waals surface area contributed by atoms with Gasteiger partial charge in [-0.3, -0.25) is 0 Å². The predicted molar refractivity (Wildman–Crippen MR) is 103 cm³/mol. The molecule has 1 saturated carbocycles. The minimum absolute atomic E-state index is 0.240. The number of rotatable bonds is 4. The van der Waals surface area contributed by atoms with E-state index >= 15 is 0 Å². The number of nitrogens with one attached hydrogen (secondary N) is 1. The van der Waals surface area contributed by atoms with E-state index in [2.05, 4.69) is 71.1 Å². The van der Waals surface area contributed by atoms with Gasteiger partial charge in [-0.2, -0.15) is 4.68 Å². The third-order valence-corrected chi connectivity index (χ3v) is 5.47. The summed E-state index contributed by atoms with van der Waals surface area (Å²) in [5, 5.41) is 16.7. The van der Waals surface area contributed by atoms with E-state index in [1.165, 1.54) is 30.4 Å². The van der Waals surface area contributed by atoms with Gasteiger partial charge in [-0.25, -0.2) is 0 Å². The molecule has 1 aliphatic carbocycles. The zero-order chi connectivity index (χ0) is 18.0. The molecule has 3 aromatic rings. The summed E-state index contributed by atoms with van der Waals surface area (Å²) >= 11 is 0. The lowest BCUT2D eigenvalue weighted by Gasteiger charge is -2.38. The van der Waals surface area contributed by atoms with Gasteiger partial charge in [-0.1, -0.05) is 55.7 Å². The van der Waals surface area contributed by atoms with Gasteiger partial charge >= 0.3 is 0 Å². The molecule has 5 nitrogen and oxygen atoms in total. The van der Waals surface area contributed by atoms with Crippen LogP contribution in [-0.4, -0.2) is 20.2 Å². The first-order valence-electron chi connectivity index (χ1n) is 9.38. The number of hydrogen-bond acceptors (Lipinski definition) is 4. The number of hydrogen-bond donors (Lipinski definition) is 1. The van der Waals surface area contributed by atoms with Crippen molar-refractivity contribution in [2.24, 2.45) is 0 Å². The lowest BCUT2D eigenvalue weighted by atomic mass is 9.80. The van der Waals surface area contributed by atoms with Crippen LogP contribution in [0.25, 0.3) is 5.69 Å². The van der Waals surface area contributed by atoms with Crippen molar-refractivity contribution in [2.75, 3.05) is 5.32 Å². The Kier molecular flexibility index (Phi) is 4.45. The van der Waals surface area contributed by atoms with Gasteiger partial charge in [-0.15, -0.1) is 5.10 Å². The molecule has 1 N–H and O–H groups in total. The fraction of sp³-hybridized carbons (Fsp3) is 0.381. The Morgan fingerprint density at radius 1 is 0.885 bits per heavy atom. The van der Waals surface area contributed by atoms with Crippen LogP contribution in [0.5, 0.6) is 0 Å². The van der Waals surface area contributed by atoms with Gasteiger partial charge in [-0.05, 0) is 60.4 Å². The molecule has 0 spiro atoms. The Labute approximate surface area is 154 Å². The lowest BCUT2D eigenvalue weighted by molar-refractivity contribution is 0.309. The molecule has 0 amide bonds. The molecule has 1 aliphatic rings. The van der Waals surface area contributed by atoms with Crippen LogP contribution in [-0.2, 0) is 5.54 Å². The molecule has 0 aliphatic heterocycles. The molecule has 1 heterocycles. The minimum atomic E-state index is -0.240. The fourth-order valence-electron chi connectivity index (χ4n) is 3.98. The summed E-state index contributed by atoms with van der Waals surface area (Å²) in [6.07, 6.45) is 5.70. The van der Waals surface area contributed by atoms with Gasteiger partial charge in [0, 0.05) is 5.69 Å². The van der Waals surface area contributed by atoms with Crippen molar-refractivity contribution in [3.63, 3.8) is 0 Å². The maximum absolute atomic E-state index is 4.49. The maximum atomic E-state index is 4.49. The molecule has 134 valence electrons. The number of nitrogens with zero attached hydrogens (tertiary/aromatic N) is 4. The fourth-order valence-corrected chi connectivity index (χ4v) is 3.98. The minimum Gasteiger partial charge on any atom is -0.372 e. The largest absolute Gasteiger partial charge is 0.372 e. The Hall–Kier alpha value is -2.69. The Morgan fingerprint density at radius 3 is 2.31 bits per heavy atom. The highest BCUT2D eigenvalue weighted by molar-refractivity contribution is 5.53. The van der Waals surface area contributed by atoms with E-state index in [4.69, 9.17) is 0 Å². The molecule has 0 saturated heterocycles. The average Bonchev–Trinajstić information content (AvgIpc) is 3.15. The summed E-state index contributed by atoms with van der Waals surface area (Å²) in [7, 11) is 0. The van der Waals surface area contributed by atoms with Gasteiger partial charge < -0.3 is 5.32 Å². The highest BCUT2D eigenvalue weighted by Gasteiger charge is 2.39. The monoisotopic (exact) mass is 347 g/mol. The normalized spacial score (nSPS) is 16.4. The number of aryl methyl sites for hydroxylation is 2. The van der Waals surface area contributed by atoms with Gasteiger partial charge in [0.1, 0.15) is 0 Å². The van der Waals surface area contributed by atoms with E-state index in [-0.39, 0.29) is 5.54 Å². The second-order valence-electron chi connectivity index (χ2n) is 7.28. The standard InChI is InChI=1S/C21H25N5/c1-16-10-4-6-12-18(16)22-21(14-8-3-9-15-21)20-23-24-25-26(20)19-13-7-5-11-17(19)2/h4-7,10-13,22H,3,8-9,14-15H2,1-2H3. The van der Waals surface area contributed by atoms with Crippen LogP contribution >= 0.6 is 0 Å². The molecule has 0 bridgehead atoms. The number of para-hydroxylation sites is 2. The molecule has 26 heavy (non-hydrogen) atoms. The molecule has 0 radical (unpaired) electrons. The van der Waals surface area contributed by atoms with Gasteiger partial charge in [0.05, 0.1) is 11.2 Å². The molecule has 2 aromatic carbocycles. The zero-order valence-corrected chi connectivity index (χ0v) is 15.4. The summed E-state index contributed by atoms with van der Waals surface area (Å²) in [5.41, 5.74) is 4.38. The van der Waals surface area contributed by atoms with Gasteiger partial charge in [0.2, 0.25) is 0 Å². The molecule has 1 fully saturated rings. The van der Waals surface area contributed by atoms with Gasteiger partial charge in [0.25, 0.3) is 0 Å². The highest BCUT2D eigenvalue weighted by Crippen LogP contribution is 2.40. The van der Waals surface area contributed by atoms with Gasteiger partial charge in [0.15, 0.2) is 5.82 Å². The molecule has 0 atom stereocenters. The Bertz CT molecular complexity index is 893. The molecule has 0 unspecified atom stereocenters. The second kappa shape index (κ2) is 6.90.